The Morgan fingerprint density at radius 1 is 1.35 bits per heavy atom. The SMILES string of the molecule is CC(C)(C)CC(CN)c1nc(CC2CCCCO2)no1. The van der Waals surface area contributed by atoms with Gasteiger partial charge >= 0.3 is 0 Å². The van der Waals surface area contributed by atoms with Gasteiger partial charge in [0.1, 0.15) is 0 Å². The molecule has 0 aliphatic carbocycles. The van der Waals surface area contributed by atoms with Crippen molar-refractivity contribution in [1.29, 1.82) is 0 Å². The summed E-state index contributed by atoms with van der Waals surface area (Å²) in [4.78, 5) is 4.52. The fourth-order valence-corrected chi connectivity index (χ4v) is 2.70. The average molecular weight is 281 g/mol. The molecule has 0 amide bonds. The second kappa shape index (κ2) is 6.68. The molecule has 2 rings (SSSR count). The summed E-state index contributed by atoms with van der Waals surface area (Å²) in [6.07, 6.45) is 5.42. The van der Waals surface area contributed by atoms with Crippen LogP contribution in [0.1, 0.15) is 64.1 Å². The first-order valence-corrected chi connectivity index (χ1v) is 7.62. The van der Waals surface area contributed by atoms with Crippen molar-refractivity contribution in [1.82, 2.24) is 10.1 Å². The highest BCUT2D eigenvalue weighted by atomic mass is 16.5. The lowest BCUT2D eigenvalue weighted by atomic mass is 9.84. The van der Waals surface area contributed by atoms with E-state index in [4.69, 9.17) is 15.0 Å². The molecule has 2 N–H and O–H groups in total. The monoisotopic (exact) mass is 281 g/mol. The topological polar surface area (TPSA) is 74.2 Å². The summed E-state index contributed by atoms with van der Waals surface area (Å²) in [6.45, 7) is 7.98. The molecular formula is C15H27N3O2. The zero-order valence-electron chi connectivity index (χ0n) is 12.9. The van der Waals surface area contributed by atoms with Crippen molar-refractivity contribution < 1.29 is 9.26 Å². The Kier molecular flexibility index (Phi) is 5.16. The van der Waals surface area contributed by atoms with Crippen LogP contribution in [0, 0.1) is 5.41 Å². The largest absolute Gasteiger partial charge is 0.378 e. The van der Waals surface area contributed by atoms with E-state index in [1.165, 1.54) is 6.42 Å². The first-order chi connectivity index (χ1) is 9.48. The third-order valence-electron chi connectivity index (χ3n) is 3.66. The lowest BCUT2D eigenvalue weighted by Gasteiger charge is -2.22. The van der Waals surface area contributed by atoms with Crippen LogP contribution in [0.25, 0.3) is 0 Å². The van der Waals surface area contributed by atoms with Gasteiger partial charge in [-0.2, -0.15) is 4.98 Å². The summed E-state index contributed by atoms with van der Waals surface area (Å²) in [5.74, 6) is 1.57. The number of nitrogens with zero attached hydrogens (tertiary/aromatic N) is 2. The van der Waals surface area contributed by atoms with Crippen LogP contribution in [0.4, 0.5) is 0 Å². The van der Waals surface area contributed by atoms with E-state index in [-0.39, 0.29) is 17.4 Å². The van der Waals surface area contributed by atoms with Gasteiger partial charge in [0.05, 0.1) is 12.0 Å². The van der Waals surface area contributed by atoms with Crippen LogP contribution in [0.2, 0.25) is 0 Å². The Bertz CT molecular complexity index is 405. The first-order valence-electron chi connectivity index (χ1n) is 7.62. The van der Waals surface area contributed by atoms with Gasteiger partial charge in [-0.1, -0.05) is 25.9 Å². The van der Waals surface area contributed by atoms with E-state index in [0.717, 1.165) is 38.1 Å². The molecule has 5 nitrogen and oxygen atoms in total. The summed E-state index contributed by atoms with van der Waals surface area (Å²) in [7, 11) is 0. The summed E-state index contributed by atoms with van der Waals surface area (Å²) >= 11 is 0. The molecule has 0 saturated carbocycles. The zero-order chi connectivity index (χ0) is 14.6. The zero-order valence-corrected chi connectivity index (χ0v) is 12.9. The normalized spacial score (nSPS) is 21.9. The predicted octanol–water partition coefficient (Wildman–Crippen LogP) is 2.66. The molecule has 1 aliphatic heterocycles. The molecule has 2 heterocycles. The first kappa shape index (κ1) is 15.4. The van der Waals surface area contributed by atoms with Crippen molar-refractivity contribution in [2.45, 2.75) is 64.9 Å². The highest BCUT2D eigenvalue weighted by Gasteiger charge is 2.25. The molecule has 1 aromatic heterocycles. The number of hydrogen-bond donors (Lipinski definition) is 1. The number of rotatable bonds is 5. The van der Waals surface area contributed by atoms with Gasteiger partial charge in [-0.25, -0.2) is 0 Å². The second-order valence-corrected chi connectivity index (χ2v) is 6.94. The highest BCUT2D eigenvalue weighted by molar-refractivity contribution is 4.97. The summed E-state index contributed by atoms with van der Waals surface area (Å²) < 4.78 is 11.1. The minimum absolute atomic E-state index is 0.142. The Hall–Kier alpha value is -0.940. The standard InChI is InChI=1S/C15H27N3O2/c1-15(2,3)9-11(10-16)14-17-13(18-20-14)8-12-6-4-5-7-19-12/h11-12H,4-10,16H2,1-3H3. The van der Waals surface area contributed by atoms with Gasteiger partial charge in [0.2, 0.25) is 5.89 Å². The predicted molar refractivity (Wildman–Crippen MR) is 77.5 cm³/mol. The van der Waals surface area contributed by atoms with Crippen LogP contribution < -0.4 is 5.73 Å². The number of nitrogens with two attached hydrogens (primary N) is 1. The number of aromatic nitrogens is 2. The van der Waals surface area contributed by atoms with Crippen molar-refractivity contribution in [3.8, 4) is 0 Å². The Labute approximate surface area is 121 Å². The van der Waals surface area contributed by atoms with E-state index in [1.54, 1.807) is 0 Å². The van der Waals surface area contributed by atoms with Crippen LogP contribution in [0.5, 0.6) is 0 Å². The van der Waals surface area contributed by atoms with Gasteiger partial charge in [-0.05, 0) is 31.1 Å². The van der Waals surface area contributed by atoms with Gasteiger partial charge in [-0.3, -0.25) is 0 Å². The van der Waals surface area contributed by atoms with E-state index >= 15 is 0 Å². The van der Waals surface area contributed by atoms with Crippen molar-refractivity contribution in [2.24, 2.45) is 11.1 Å². The Morgan fingerprint density at radius 3 is 2.75 bits per heavy atom. The van der Waals surface area contributed by atoms with Gasteiger partial charge in [0.25, 0.3) is 0 Å². The van der Waals surface area contributed by atoms with Crippen molar-refractivity contribution in [2.75, 3.05) is 13.2 Å². The van der Waals surface area contributed by atoms with Crippen molar-refractivity contribution in [3.05, 3.63) is 11.7 Å². The van der Waals surface area contributed by atoms with E-state index in [0.29, 0.717) is 12.4 Å². The molecule has 0 aromatic carbocycles. The summed E-state index contributed by atoms with van der Waals surface area (Å²) in [6, 6.07) is 0. The summed E-state index contributed by atoms with van der Waals surface area (Å²) in [5.41, 5.74) is 6.05. The van der Waals surface area contributed by atoms with Crippen LogP contribution >= 0.6 is 0 Å². The minimum Gasteiger partial charge on any atom is -0.378 e. The molecule has 0 bridgehead atoms. The average Bonchev–Trinajstić information content (AvgIpc) is 2.84. The molecule has 1 aliphatic rings. The van der Waals surface area contributed by atoms with Gasteiger partial charge in [-0.15, -0.1) is 0 Å². The maximum absolute atomic E-state index is 5.85. The fraction of sp³-hybridized carbons (Fsp3) is 0.867. The Balaban J connectivity index is 1.96. The van der Waals surface area contributed by atoms with Crippen LogP contribution in [-0.4, -0.2) is 29.4 Å². The van der Waals surface area contributed by atoms with Crippen LogP contribution in [0.15, 0.2) is 4.52 Å². The molecule has 1 fully saturated rings. The lowest BCUT2D eigenvalue weighted by Crippen LogP contribution is -2.22. The smallest absolute Gasteiger partial charge is 0.231 e. The molecule has 0 spiro atoms. The molecule has 114 valence electrons. The summed E-state index contributed by atoms with van der Waals surface area (Å²) in [5, 5.41) is 4.09. The van der Waals surface area contributed by atoms with E-state index in [2.05, 4.69) is 30.9 Å². The molecule has 1 aromatic rings. The maximum Gasteiger partial charge on any atom is 0.231 e. The van der Waals surface area contributed by atoms with E-state index in [9.17, 15) is 0 Å². The third kappa shape index (κ3) is 4.56. The van der Waals surface area contributed by atoms with Gasteiger partial charge in [0, 0.05) is 19.6 Å². The quantitative estimate of drug-likeness (QED) is 0.898. The van der Waals surface area contributed by atoms with E-state index in [1.807, 2.05) is 0 Å². The molecule has 5 heteroatoms. The molecule has 2 unspecified atom stereocenters. The van der Waals surface area contributed by atoms with E-state index < -0.39 is 0 Å². The van der Waals surface area contributed by atoms with Crippen LogP contribution in [0.3, 0.4) is 0 Å². The lowest BCUT2D eigenvalue weighted by molar-refractivity contribution is 0.0153. The highest BCUT2D eigenvalue weighted by Crippen LogP contribution is 2.29. The van der Waals surface area contributed by atoms with Crippen molar-refractivity contribution in [3.63, 3.8) is 0 Å². The number of ether oxygens (including phenoxy) is 1. The second-order valence-electron chi connectivity index (χ2n) is 6.94. The molecule has 2 atom stereocenters. The van der Waals surface area contributed by atoms with Crippen molar-refractivity contribution >= 4 is 0 Å². The van der Waals surface area contributed by atoms with Gasteiger partial charge < -0.3 is 15.0 Å². The molecule has 1 saturated heterocycles. The molecular weight excluding hydrogens is 254 g/mol. The molecule has 20 heavy (non-hydrogen) atoms. The molecule has 0 radical (unpaired) electrons. The van der Waals surface area contributed by atoms with Gasteiger partial charge in [0.15, 0.2) is 5.82 Å². The van der Waals surface area contributed by atoms with Crippen LogP contribution in [-0.2, 0) is 11.2 Å². The number of hydrogen-bond acceptors (Lipinski definition) is 5. The third-order valence-corrected chi connectivity index (χ3v) is 3.66. The maximum atomic E-state index is 5.85. The Morgan fingerprint density at radius 2 is 2.15 bits per heavy atom. The minimum atomic E-state index is 0.142. The fourth-order valence-electron chi connectivity index (χ4n) is 2.70.